The standard InChI is InChI=1S/C26H48N2O6/c1-19(2)31-21-13-7-9-15-23(21)33-25(29)27-17-11-5-6-12-18-28-26(30)34-24-16-10-8-14-22(24)32-20(3)4/h19-24H,5-18H2,1-4H3,(H,27,29)(H,28,30)/t21-,22-,23-,24+/m1/s1. The quantitative estimate of drug-likeness (QED) is 0.337. The summed E-state index contributed by atoms with van der Waals surface area (Å²) in [6.45, 7) is 9.24. The summed E-state index contributed by atoms with van der Waals surface area (Å²) in [4.78, 5) is 24.3. The van der Waals surface area contributed by atoms with Crippen molar-refractivity contribution in [2.45, 2.75) is 141 Å². The number of hydrogen-bond donors (Lipinski definition) is 2. The summed E-state index contributed by atoms with van der Waals surface area (Å²) in [5, 5.41) is 5.72. The van der Waals surface area contributed by atoms with Gasteiger partial charge in [-0.1, -0.05) is 25.7 Å². The molecule has 8 heteroatoms. The Labute approximate surface area is 206 Å². The SMILES string of the molecule is CC(C)O[C@@H]1CCCC[C@@H]1OC(=O)NCCCCCCNC(=O)O[C@@H]1CCCC[C@H]1OC(C)C. The zero-order chi connectivity index (χ0) is 24.8. The van der Waals surface area contributed by atoms with Crippen molar-refractivity contribution in [1.82, 2.24) is 10.6 Å². The Hall–Kier alpha value is -1.54. The van der Waals surface area contributed by atoms with E-state index in [4.69, 9.17) is 18.9 Å². The van der Waals surface area contributed by atoms with Gasteiger partial charge in [-0.05, 0) is 79.1 Å². The van der Waals surface area contributed by atoms with E-state index in [1.807, 2.05) is 27.7 Å². The maximum Gasteiger partial charge on any atom is 0.407 e. The van der Waals surface area contributed by atoms with Gasteiger partial charge in [-0.3, -0.25) is 0 Å². The van der Waals surface area contributed by atoms with E-state index in [1.54, 1.807) is 0 Å². The van der Waals surface area contributed by atoms with E-state index >= 15 is 0 Å². The van der Waals surface area contributed by atoms with Gasteiger partial charge in [0, 0.05) is 13.1 Å². The van der Waals surface area contributed by atoms with Crippen LogP contribution < -0.4 is 10.6 Å². The van der Waals surface area contributed by atoms with E-state index in [1.165, 1.54) is 0 Å². The lowest BCUT2D eigenvalue weighted by Crippen LogP contribution is -2.40. The van der Waals surface area contributed by atoms with Gasteiger partial charge in [0.05, 0.1) is 24.4 Å². The highest BCUT2D eigenvalue weighted by Crippen LogP contribution is 2.26. The first-order chi connectivity index (χ1) is 16.3. The van der Waals surface area contributed by atoms with E-state index in [-0.39, 0.29) is 48.8 Å². The lowest BCUT2D eigenvalue weighted by atomic mass is 9.94. The molecule has 2 aliphatic carbocycles. The average molecular weight is 485 g/mol. The molecule has 2 saturated carbocycles. The number of carbonyl (C=O) groups is 2. The third-order valence-electron chi connectivity index (χ3n) is 6.34. The number of rotatable bonds is 13. The molecule has 4 atom stereocenters. The highest BCUT2D eigenvalue weighted by molar-refractivity contribution is 5.67. The Morgan fingerprint density at radius 3 is 1.32 bits per heavy atom. The van der Waals surface area contributed by atoms with Gasteiger partial charge in [0.1, 0.15) is 12.2 Å². The van der Waals surface area contributed by atoms with Gasteiger partial charge in [-0.2, -0.15) is 0 Å². The number of ether oxygens (including phenoxy) is 4. The summed E-state index contributed by atoms with van der Waals surface area (Å²) in [5.41, 5.74) is 0. The minimum atomic E-state index is -0.351. The third-order valence-corrected chi connectivity index (χ3v) is 6.34. The third kappa shape index (κ3) is 11.7. The van der Waals surface area contributed by atoms with Gasteiger partial charge in [0.2, 0.25) is 0 Å². The summed E-state index contributed by atoms with van der Waals surface area (Å²) in [7, 11) is 0. The van der Waals surface area contributed by atoms with Crippen LogP contribution in [0.3, 0.4) is 0 Å². The molecular formula is C26H48N2O6. The van der Waals surface area contributed by atoms with E-state index in [9.17, 15) is 9.59 Å². The van der Waals surface area contributed by atoms with Crippen LogP contribution in [0.4, 0.5) is 9.59 Å². The molecule has 0 bridgehead atoms. The average Bonchev–Trinajstić information content (AvgIpc) is 2.77. The molecule has 0 aromatic rings. The second kappa shape index (κ2) is 16.2. The largest absolute Gasteiger partial charge is 0.443 e. The molecule has 2 amide bonds. The van der Waals surface area contributed by atoms with Gasteiger partial charge in [0.25, 0.3) is 0 Å². The Kier molecular flexibility index (Phi) is 13.7. The molecule has 0 aromatic heterocycles. The van der Waals surface area contributed by atoms with Crippen molar-refractivity contribution in [3.63, 3.8) is 0 Å². The fourth-order valence-electron chi connectivity index (χ4n) is 4.75. The van der Waals surface area contributed by atoms with E-state index in [0.29, 0.717) is 13.1 Å². The van der Waals surface area contributed by atoms with E-state index < -0.39 is 0 Å². The fraction of sp³-hybridized carbons (Fsp3) is 0.923. The Balaban J connectivity index is 1.49. The summed E-state index contributed by atoms with van der Waals surface area (Å²) < 4.78 is 23.1. The molecule has 0 spiro atoms. The topological polar surface area (TPSA) is 95.1 Å². The highest BCUT2D eigenvalue weighted by atomic mass is 16.6. The van der Waals surface area contributed by atoms with Crippen LogP contribution in [-0.2, 0) is 18.9 Å². The van der Waals surface area contributed by atoms with Crippen molar-refractivity contribution >= 4 is 12.2 Å². The minimum Gasteiger partial charge on any atom is -0.443 e. The van der Waals surface area contributed by atoms with Crippen LogP contribution in [0.15, 0.2) is 0 Å². The Bertz CT molecular complexity index is 536. The predicted octanol–water partition coefficient (Wildman–Crippen LogP) is 5.47. The molecule has 8 nitrogen and oxygen atoms in total. The molecule has 34 heavy (non-hydrogen) atoms. The molecule has 0 saturated heterocycles. The highest BCUT2D eigenvalue weighted by Gasteiger charge is 2.30. The lowest BCUT2D eigenvalue weighted by Gasteiger charge is -2.32. The predicted molar refractivity (Wildman–Crippen MR) is 132 cm³/mol. The molecule has 0 radical (unpaired) electrons. The molecular weight excluding hydrogens is 436 g/mol. The summed E-state index contributed by atoms with van der Waals surface area (Å²) in [6, 6.07) is 0. The molecule has 0 heterocycles. The number of hydrogen-bond acceptors (Lipinski definition) is 6. The van der Waals surface area contributed by atoms with Crippen LogP contribution in [0.25, 0.3) is 0 Å². The number of amides is 2. The van der Waals surface area contributed by atoms with Crippen LogP contribution in [0, 0.1) is 0 Å². The van der Waals surface area contributed by atoms with Crippen molar-refractivity contribution in [2.75, 3.05) is 13.1 Å². The number of carbonyl (C=O) groups excluding carboxylic acids is 2. The van der Waals surface area contributed by atoms with Crippen molar-refractivity contribution in [1.29, 1.82) is 0 Å². The fourth-order valence-corrected chi connectivity index (χ4v) is 4.75. The lowest BCUT2D eigenvalue weighted by molar-refractivity contribution is -0.0864. The van der Waals surface area contributed by atoms with Crippen LogP contribution in [-0.4, -0.2) is 61.9 Å². The normalized spacial score (nSPS) is 25.2. The van der Waals surface area contributed by atoms with Gasteiger partial charge in [0.15, 0.2) is 0 Å². The summed E-state index contributed by atoms with van der Waals surface area (Å²) in [5.74, 6) is 0. The van der Waals surface area contributed by atoms with Crippen molar-refractivity contribution in [3.05, 3.63) is 0 Å². The second-order valence-corrected chi connectivity index (χ2v) is 10.2. The molecule has 2 rings (SSSR count). The first kappa shape index (κ1) is 28.7. The molecule has 2 N–H and O–H groups in total. The van der Waals surface area contributed by atoms with Crippen molar-refractivity contribution in [3.8, 4) is 0 Å². The number of alkyl carbamates (subject to hydrolysis) is 2. The van der Waals surface area contributed by atoms with Crippen molar-refractivity contribution < 1.29 is 28.5 Å². The number of nitrogens with one attached hydrogen (secondary N) is 2. The zero-order valence-electron chi connectivity index (χ0n) is 21.8. The summed E-state index contributed by atoms with van der Waals surface area (Å²) >= 11 is 0. The molecule has 0 unspecified atom stereocenters. The van der Waals surface area contributed by atoms with Crippen LogP contribution in [0.2, 0.25) is 0 Å². The molecule has 2 fully saturated rings. The minimum absolute atomic E-state index is 0.00502. The zero-order valence-corrected chi connectivity index (χ0v) is 21.8. The van der Waals surface area contributed by atoms with E-state index in [2.05, 4.69) is 10.6 Å². The monoisotopic (exact) mass is 484 g/mol. The summed E-state index contributed by atoms with van der Waals surface area (Å²) in [6.07, 6.45) is 11.0. The maximum atomic E-state index is 12.1. The van der Waals surface area contributed by atoms with Crippen molar-refractivity contribution in [2.24, 2.45) is 0 Å². The van der Waals surface area contributed by atoms with Crippen LogP contribution in [0.1, 0.15) is 105 Å². The Morgan fingerprint density at radius 1 is 0.618 bits per heavy atom. The smallest absolute Gasteiger partial charge is 0.407 e. The second-order valence-electron chi connectivity index (χ2n) is 10.2. The van der Waals surface area contributed by atoms with Gasteiger partial charge < -0.3 is 29.6 Å². The van der Waals surface area contributed by atoms with Gasteiger partial charge >= 0.3 is 12.2 Å². The first-order valence-electron chi connectivity index (χ1n) is 13.5. The van der Waals surface area contributed by atoms with Gasteiger partial charge in [-0.15, -0.1) is 0 Å². The molecule has 0 aliphatic heterocycles. The van der Waals surface area contributed by atoms with E-state index in [0.717, 1.165) is 77.0 Å². The van der Waals surface area contributed by atoms with Crippen LogP contribution in [0.5, 0.6) is 0 Å². The molecule has 2 aliphatic rings. The maximum absolute atomic E-state index is 12.1. The van der Waals surface area contributed by atoms with Gasteiger partial charge in [-0.25, -0.2) is 9.59 Å². The first-order valence-corrected chi connectivity index (χ1v) is 13.5. The van der Waals surface area contributed by atoms with Crippen LogP contribution >= 0.6 is 0 Å². The molecule has 0 aromatic carbocycles. The Morgan fingerprint density at radius 2 is 0.971 bits per heavy atom. The molecule has 198 valence electrons. The number of unbranched alkanes of at least 4 members (excludes halogenated alkanes) is 3.